The molecule has 6 nitrogen and oxygen atoms in total. The summed E-state index contributed by atoms with van der Waals surface area (Å²) in [5.74, 6) is 1.85. The minimum absolute atomic E-state index is 0. The number of hydrogen-bond acceptors (Lipinski definition) is 4. The summed E-state index contributed by atoms with van der Waals surface area (Å²) in [6.45, 7) is 7.48. The third-order valence-electron chi connectivity index (χ3n) is 4.10. The molecule has 0 saturated carbocycles. The van der Waals surface area contributed by atoms with Gasteiger partial charge < -0.3 is 19.8 Å². The smallest absolute Gasteiger partial charge is 0.191 e. The molecule has 0 aliphatic carbocycles. The van der Waals surface area contributed by atoms with Crippen LogP contribution in [0.3, 0.4) is 0 Å². The summed E-state index contributed by atoms with van der Waals surface area (Å²) >= 11 is 0. The fourth-order valence-corrected chi connectivity index (χ4v) is 2.88. The molecule has 0 bridgehead atoms. The van der Waals surface area contributed by atoms with E-state index in [0.29, 0.717) is 0 Å². The van der Waals surface area contributed by atoms with Gasteiger partial charge in [0, 0.05) is 33.4 Å². The van der Waals surface area contributed by atoms with E-state index in [2.05, 4.69) is 26.6 Å². The lowest BCUT2D eigenvalue weighted by atomic mass is 10.2. The zero-order valence-electron chi connectivity index (χ0n) is 14.8. The maximum Gasteiger partial charge on any atom is 0.191 e. The molecular weight excluding hydrogens is 419 g/mol. The molecule has 1 aliphatic rings. The molecule has 0 radical (unpaired) electrons. The first-order valence-electron chi connectivity index (χ1n) is 8.65. The predicted octanol–water partition coefficient (Wildman–Crippen LogP) is 2.63. The number of guanidine groups is 1. The van der Waals surface area contributed by atoms with Gasteiger partial charge in [-0.15, -0.1) is 24.0 Å². The Balaban J connectivity index is 0.00000288. The number of nitrogens with zero attached hydrogens (tertiary/aromatic N) is 2. The molecule has 1 unspecified atom stereocenters. The zero-order valence-corrected chi connectivity index (χ0v) is 17.1. The van der Waals surface area contributed by atoms with Crippen molar-refractivity contribution in [2.24, 2.45) is 4.99 Å². The van der Waals surface area contributed by atoms with Gasteiger partial charge in [0.1, 0.15) is 5.76 Å². The number of aliphatic imine (C=N–C) groups is 1. The van der Waals surface area contributed by atoms with Crippen LogP contribution in [0.2, 0.25) is 0 Å². The summed E-state index contributed by atoms with van der Waals surface area (Å²) in [5.41, 5.74) is 0. The highest BCUT2D eigenvalue weighted by Gasteiger charge is 2.25. The highest BCUT2D eigenvalue weighted by atomic mass is 127. The summed E-state index contributed by atoms with van der Waals surface area (Å²) in [5, 5.41) is 6.75. The van der Waals surface area contributed by atoms with Gasteiger partial charge in [-0.1, -0.05) is 0 Å². The maximum atomic E-state index is 5.64. The highest BCUT2D eigenvalue weighted by Crippen LogP contribution is 2.24. The lowest BCUT2D eigenvalue weighted by molar-refractivity contribution is 0.145. The second-order valence-corrected chi connectivity index (χ2v) is 5.70. The van der Waals surface area contributed by atoms with Gasteiger partial charge in [-0.25, -0.2) is 0 Å². The van der Waals surface area contributed by atoms with Crippen LogP contribution in [0.1, 0.15) is 38.0 Å². The fourth-order valence-electron chi connectivity index (χ4n) is 2.88. The average molecular weight is 450 g/mol. The lowest BCUT2D eigenvalue weighted by Gasteiger charge is -2.26. The molecule has 2 rings (SSSR count). The van der Waals surface area contributed by atoms with E-state index in [1.165, 1.54) is 12.8 Å². The Bertz CT molecular complexity index is 447. The molecule has 1 aliphatic heterocycles. The molecule has 1 aromatic heterocycles. The third kappa shape index (κ3) is 6.98. The van der Waals surface area contributed by atoms with Crippen molar-refractivity contribution in [1.82, 2.24) is 15.5 Å². The first kappa shape index (κ1) is 21.2. The highest BCUT2D eigenvalue weighted by molar-refractivity contribution is 14.0. The summed E-state index contributed by atoms with van der Waals surface area (Å²) in [6.07, 6.45) is 5.25. The van der Waals surface area contributed by atoms with Crippen LogP contribution in [0.25, 0.3) is 0 Å². The number of furan rings is 1. The van der Waals surface area contributed by atoms with Crippen LogP contribution in [0, 0.1) is 0 Å². The number of ether oxygens (including phenoxy) is 1. The fraction of sp³-hybridized carbons (Fsp3) is 0.706. The van der Waals surface area contributed by atoms with E-state index < -0.39 is 0 Å². The van der Waals surface area contributed by atoms with Crippen LogP contribution in [0.15, 0.2) is 27.8 Å². The average Bonchev–Trinajstić information content (AvgIpc) is 3.27. The summed E-state index contributed by atoms with van der Waals surface area (Å²) in [6, 6.07) is 4.27. The molecule has 0 spiro atoms. The van der Waals surface area contributed by atoms with Gasteiger partial charge in [0.05, 0.1) is 12.3 Å². The molecule has 1 saturated heterocycles. The molecule has 2 heterocycles. The number of hydrogen-bond donors (Lipinski definition) is 2. The second kappa shape index (κ2) is 12.5. The van der Waals surface area contributed by atoms with Crippen LogP contribution in [-0.4, -0.2) is 57.3 Å². The van der Waals surface area contributed by atoms with Crippen molar-refractivity contribution in [2.75, 3.05) is 46.4 Å². The van der Waals surface area contributed by atoms with Crippen molar-refractivity contribution < 1.29 is 9.15 Å². The topological polar surface area (TPSA) is 62.0 Å². The van der Waals surface area contributed by atoms with Gasteiger partial charge in [-0.3, -0.25) is 9.89 Å². The summed E-state index contributed by atoms with van der Waals surface area (Å²) in [4.78, 5) is 6.77. The molecular formula is C17H31IN4O2. The van der Waals surface area contributed by atoms with E-state index in [0.717, 1.165) is 57.5 Å². The van der Waals surface area contributed by atoms with Gasteiger partial charge in [-0.2, -0.15) is 0 Å². The molecule has 0 aromatic carbocycles. The second-order valence-electron chi connectivity index (χ2n) is 5.70. The van der Waals surface area contributed by atoms with Crippen molar-refractivity contribution in [3.8, 4) is 0 Å². The number of halogens is 1. The van der Waals surface area contributed by atoms with E-state index in [9.17, 15) is 0 Å². The van der Waals surface area contributed by atoms with E-state index in [4.69, 9.17) is 9.15 Å². The Morgan fingerprint density at radius 3 is 2.79 bits per heavy atom. The van der Waals surface area contributed by atoms with Crippen molar-refractivity contribution in [3.63, 3.8) is 0 Å². The Morgan fingerprint density at radius 2 is 2.17 bits per heavy atom. The van der Waals surface area contributed by atoms with Crippen LogP contribution in [0.4, 0.5) is 0 Å². The first-order valence-corrected chi connectivity index (χ1v) is 8.65. The van der Waals surface area contributed by atoms with Gasteiger partial charge >= 0.3 is 0 Å². The molecule has 138 valence electrons. The van der Waals surface area contributed by atoms with E-state index >= 15 is 0 Å². The van der Waals surface area contributed by atoms with Crippen molar-refractivity contribution >= 4 is 29.9 Å². The third-order valence-corrected chi connectivity index (χ3v) is 4.10. The van der Waals surface area contributed by atoms with E-state index in [-0.39, 0.29) is 30.0 Å². The number of nitrogens with one attached hydrogen (secondary N) is 2. The predicted molar refractivity (Wildman–Crippen MR) is 108 cm³/mol. The molecule has 24 heavy (non-hydrogen) atoms. The first-order chi connectivity index (χ1) is 11.3. The van der Waals surface area contributed by atoms with Crippen molar-refractivity contribution in [1.29, 1.82) is 0 Å². The maximum absolute atomic E-state index is 5.64. The Labute approximate surface area is 162 Å². The van der Waals surface area contributed by atoms with Gasteiger partial charge in [0.15, 0.2) is 5.96 Å². The Kier molecular flexibility index (Phi) is 11.1. The summed E-state index contributed by atoms with van der Waals surface area (Å²) < 4.78 is 11.0. The van der Waals surface area contributed by atoms with Crippen LogP contribution >= 0.6 is 24.0 Å². The van der Waals surface area contributed by atoms with Gasteiger partial charge in [0.25, 0.3) is 0 Å². The molecule has 7 heteroatoms. The van der Waals surface area contributed by atoms with Crippen molar-refractivity contribution in [2.45, 2.75) is 32.2 Å². The Hall–Kier alpha value is -0.800. The quantitative estimate of drug-likeness (QED) is 0.262. The van der Waals surface area contributed by atoms with Crippen molar-refractivity contribution in [3.05, 3.63) is 24.2 Å². The monoisotopic (exact) mass is 450 g/mol. The van der Waals surface area contributed by atoms with Gasteiger partial charge in [0.2, 0.25) is 0 Å². The van der Waals surface area contributed by atoms with Crippen LogP contribution in [-0.2, 0) is 4.74 Å². The molecule has 1 atom stereocenters. The van der Waals surface area contributed by atoms with Crippen LogP contribution in [0.5, 0.6) is 0 Å². The normalized spacial score (nSPS) is 16.7. The zero-order chi connectivity index (χ0) is 16.3. The summed E-state index contributed by atoms with van der Waals surface area (Å²) in [7, 11) is 1.80. The number of likely N-dealkylation sites (tertiary alicyclic amines) is 1. The minimum Gasteiger partial charge on any atom is -0.468 e. The number of rotatable bonds is 9. The Morgan fingerprint density at radius 1 is 1.38 bits per heavy atom. The SMILES string of the molecule is CCOCCCNC(=NC)NCC(c1ccco1)N1CCCC1.I. The van der Waals surface area contributed by atoms with E-state index in [1.54, 1.807) is 13.3 Å². The largest absolute Gasteiger partial charge is 0.468 e. The minimum atomic E-state index is 0. The molecule has 0 amide bonds. The van der Waals surface area contributed by atoms with E-state index in [1.807, 2.05) is 13.0 Å². The standard InChI is InChI=1S/C17H30N4O2.HI/c1-3-22-12-7-9-19-17(18-2)20-14-15(16-8-6-13-23-16)21-10-4-5-11-21;/h6,8,13,15H,3-5,7,9-12,14H2,1-2H3,(H2,18,19,20);1H. The molecule has 1 fully saturated rings. The van der Waals surface area contributed by atoms with Crippen LogP contribution < -0.4 is 10.6 Å². The molecule has 2 N–H and O–H groups in total. The molecule has 1 aromatic rings. The van der Waals surface area contributed by atoms with Gasteiger partial charge in [-0.05, 0) is 51.4 Å². The lowest BCUT2D eigenvalue weighted by Crippen LogP contribution is -2.43.